The van der Waals surface area contributed by atoms with Crippen molar-refractivity contribution in [3.8, 4) is 5.75 Å². The van der Waals surface area contributed by atoms with E-state index >= 15 is 0 Å². The number of sulfonamides is 1. The summed E-state index contributed by atoms with van der Waals surface area (Å²) >= 11 is 0. The number of ether oxygens (including phenoxy) is 1. The second kappa shape index (κ2) is 8.06. The molecule has 0 N–H and O–H groups in total. The number of amides is 1. The fourth-order valence-corrected chi connectivity index (χ4v) is 4.48. The third kappa shape index (κ3) is 4.28. The smallest absolute Gasteiger partial charge is 0.253 e. The van der Waals surface area contributed by atoms with Crippen LogP contribution in [0.5, 0.6) is 5.75 Å². The maximum Gasteiger partial charge on any atom is 0.253 e. The van der Waals surface area contributed by atoms with Crippen LogP contribution in [0.1, 0.15) is 16.8 Å². The molecule has 0 aromatic heterocycles. The van der Waals surface area contributed by atoms with Gasteiger partial charge in [-0.2, -0.15) is 4.31 Å². The minimum Gasteiger partial charge on any atom is -0.497 e. The molecular formula is C19H21FN2O4S. The Hall–Kier alpha value is -2.45. The zero-order valence-electron chi connectivity index (χ0n) is 15.0. The fraction of sp³-hybridized carbons (Fsp3) is 0.316. The Morgan fingerprint density at radius 1 is 0.963 bits per heavy atom. The highest BCUT2D eigenvalue weighted by atomic mass is 32.2. The van der Waals surface area contributed by atoms with E-state index in [2.05, 4.69) is 0 Å². The van der Waals surface area contributed by atoms with Crippen molar-refractivity contribution < 1.29 is 22.3 Å². The number of nitrogens with zero attached hydrogens (tertiary/aromatic N) is 2. The van der Waals surface area contributed by atoms with E-state index in [1.807, 2.05) is 0 Å². The number of hydrogen-bond acceptors (Lipinski definition) is 4. The predicted molar refractivity (Wildman–Crippen MR) is 98.7 cm³/mol. The van der Waals surface area contributed by atoms with Crippen LogP contribution >= 0.6 is 0 Å². The molecule has 0 unspecified atom stereocenters. The van der Waals surface area contributed by atoms with Crippen LogP contribution in [0.25, 0.3) is 0 Å². The first-order chi connectivity index (χ1) is 12.9. The maximum atomic E-state index is 13.1. The first-order valence-corrected chi connectivity index (χ1v) is 10.0. The van der Waals surface area contributed by atoms with E-state index in [1.165, 1.54) is 16.4 Å². The van der Waals surface area contributed by atoms with Gasteiger partial charge in [-0.15, -0.1) is 0 Å². The van der Waals surface area contributed by atoms with E-state index in [0.717, 1.165) is 12.1 Å². The summed E-state index contributed by atoms with van der Waals surface area (Å²) in [6.45, 7) is 1.28. The van der Waals surface area contributed by atoms with Crippen molar-refractivity contribution in [1.82, 2.24) is 9.21 Å². The summed E-state index contributed by atoms with van der Waals surface area (Å²) < 4.78 is 45.0. The molecule has 2 aromatic rings. The number of carbonyl (C=O) groups excluding carboxylic acids is 1. The molecule has 6 nitrogen and oxygen atoms in total. The average Bonchev–Trinajstić information content (AvgIpc) is 2.94. The molecule has 8 heteroatoms. The quantitative estimate of drug-likeness (QED) is 0.801. The molecule has 0 radical (unpaired) electrons. The Morgan fingerprint density at radius 3 is 2.26 bits per heavy atom. The van der Waals surface area contributed by atoms with Crippen molar-refractivity contribution in [2.45, 2.75) is 11.3 Å². The molecule has 1 saturated heterocycles. The van der Waals surface area contributed by atoms with Crippen LogP contribution in [0.3, 0.4) is 0 Å². The molecule has 0 saturated carbocycles. The molecule has 2 aromatic carbocycles. The molecule has 1 amide bonds. The van der Waals surface area contributed by atoms with Crippen LogP contribution in [0.4, 0.5) is 4.39 Å². The molecule has 1 heterocycles. The van der Waals surface area contributed by atoms with Gasteiger partial charge >= 0.3 is 0 Å². The van der Waals surface area contributed by atoms with Crippen LogP contribution in [-0.2, 0) is 10.0 Å². The highest BCUT2D eigenvalue weighted by Gasteiger charge is 2.28. The molecule has 1 aliphatic rings. The lowest BCUT2D eigenvalue weighted by molar-refractivity contribution is 0.0764. The molecule has 27 heavy (non-hydrogen) atoms. The van der Waals surface area contributed by atoms with Gasteiger partial charge in [-0.25, -0.2) is 12.8 Å². The average molecular weight is 392 g/mol. The van der Waals surface area contributed by atoms with Gasteiger partial charge in [-0.1, -0.05) is 0 Å². The summed E-state index contributed by atoms with van der Waals surface area (Å²) in [5.74, 6) is 0.0405. The Labute approximate surface area is 158 Å². The van der Waals surface area contributed by atoms with Gasteiger partial charge in [-0.05, 0) is 55.0 Å². The van der Waals surface area contributed by atoms with Crippen molar-refractivity contribution in [3.05, 3.63) is 59.9 Å². The lowest BCUT2D eigenvalue weighted by atomic mass is 10.2. The first kappa shape index (κ1) is 19.3. The van der Waals surface area contributed by atoms with Crippen LogP contribution in [0.2, 0.25) is 0 Å². The third-order valence-electron chi connectivity index (χ3n) is 4.53. The van der Waals surface area contributed by atoms with Crippen molar-refractivity contribution in [1.29, 1.82) is 0 Å². The van der Waals surface area contributed by atoms with Crippen molar-refractivity contribution in [2.75, 3.05) is 33.3 Å². The van der Waals surface area contributed by atoms with E-state index in [0.29, 0.717) is 37.4 Å². The van der Waals surface area contributed by atoms with Gasteiger partial charge in [0, 0.05) is 31.7 Å². The SMILES string of the molecule is COc1ccc(C(=O)N2CCCN(S(=O)(=O)c3ccc(F)cc3)CC2)cc1. The van der Waals surface area contributed by atoms with Crippen LogP contribution < -0.4 is 4.74 Å². The topological polar surface area (TPSA) is 66.9 Å². The minimum atomic E-state index is -3.71. The third-order valence-corrected chi connectivity index (χ3v) is 6.44. The zero-order valence-corrected chi connectivity index (χ0v) is 15.8. The second-order valence-corrected chi connectivity index (χ2v) is 8.17. The van der Waals surface area contributed by atoms with Crippen LogP contribution in [0, 0.1) is 5.82 Å². The summed E-state index contributed by atoms with van der Waals surface area (Å²) in [6, 6.07) is 11.6. The van der Waals surface area contributed by atoms with Gasteiger partial charge in [0.2, 0.25) is 10.0 Å². The van der Waals surface area contributed by atoms with Crippen LogP contribution in [-0.4, -0.2) is 56.8 Å². The summed E-state index contributed by atoms with van der Waals surface area (Å²) in [5, 5.41) is 0. The molecule has 1 fully saturated rings. The highest BCUT2D eigenvalue weighted by Crippen LogP contribution is 2.19. The minimum absolute atomic E-state index is 0.0545. The number of methoxy groups -OCH3 is 1. The lowest BCUT2D eigenvalue weighted by Gasteiger charge is -2.22. The van der Waals surface area contributed by atoms with E-state index in [-0.39, 0.29) is 17.3 Å². The summed E-state index contributed by atoms with van der Waals surface area (Å²) in [7, 11) is -2.16. The molecule has 1 aliphatic heterocycles. The monoisotopic (exact) mass is 392 g/mol. The highest BCUT2D eigenvalue weighted by molar-refractivity contribution is 7.89. The Balaban J connectivity index is 1.71. The van der Waals surface area contributed by atoms with Gasteiger partial charge in [0.05, 0.1) is 12.0 Å². The van der Waals surface area contributed by atoms with Crippen LogP contribution in [0.15, 0.2) is 53.4 Å². The molecule has 0 bridgehead atoms. The van der Waals surface area contributed by atoms with Gasteiger partial charge in [0.15, 0.2) is 0 Å². The Morgan fingerprint density at radius 2 is 1.63 bits per heavy atom. The van der Waals surface area contributed by atoms with Crippen molar-refractivity contribution in [2.24, 2.45) is 0 Å². The van der Waals surface area contributed by atoms with E-state index < -0.39 is 15.8 Å². The normalized spacial score (nSPS) is 16.0. The molecule has 0 aliphatic carbocycles. The lowest BCUT2D eigenvalue weighted by Crippen LogP contribution is -2.37. The number of hydrogen-bond donors (Lipinski definition) is 0. The van der Waals surface area contributed by atoms with Crippen molar-refractivity contribution >= 4 is 15.9 Å². The number of carbonyl (C=O) groups is 1. The second-order valence-electron chi connectivity index (χ2n) is 6.23. The molecule has 3 rings (SSSR count). The van der Waals surface area contributed by atoms with E-state index in [1.54, 1.807) is 36.3 Å². The summed E-state index contributed by atoms with van der Waals surface area (Å²) in [5.41, 5.74) is 0.533. The molecule has 144 valence electrons. The Kier molecular flexibility index (Phi) is 5.76. The molecule has 0 atom stereocenters. The fourth-order valence-electron chi connectivity index (χ4n) is 3.01. The largest absolute Gasteiger partial charge is 0.497 e. The van der Waals surface area contributed by atoms with Gasteiger partial charge in [0.1, 0.15) is 11.6 Å². The van der Waals surface area contributed by atoms with E-state index in [9.17, 15) is 17.6 Å². The maximum absolute atomic E-state index is 13.1. The van der Waals surface area contributed by atoms with Gasteiger partial charge in [-0.3, -0.25) is 4.79 Å². The standard InChI is InChI=1S/C19H21FN2O4S/c1-26-17-7-3-15(4-8-17)19(23)21-11-2-12-22(14-13-21)27(24,25)18-9-5-16(20)6-10-18/h3-10H,2,11-14H2,1H3. The number of benzene rings is 2. The van der Waals surface area contributed by atoms with Crippen molar-refractivity contribution in [3.63, 3.8) is 0 Å². The van der Waals surface area contributed by atoms with E-state index in [4.69, 9.17) is 4.74 Å². The van der Waals surface area contributed by atoms with Gasteiger partial charge in [0.25, 0.3) is 5.91 Å². The first-order valence-electron chi connectivity index (χ1n) is 8.61. The summed E-state index contributed by atoms with van der Waals surface area (Å²) in [6.07, 6.45) is 0.530. The predicted octanol–water partition coefficient (Wildman–Crippen LogP) is 2.37. The molecule has 0 spiro atoms. The Bertz CT molecular complexity index is 898. The zero-order chi connectivity index (χ0) is 19.4. The molecular weight excluding hydrogens is 371 g/mol. The van der Waals surface area contributed by atoms with Gasteiger partial charge < -0.3 is 9.64 Å². The number of rotatable bonds is 4. The summed E-state index contributed by atoms with van der Waals surface area (Å²) in [4.78, 5) is 14.4. The number of halogens is 1.